The summed E-state index contributed by atoms with van der Waals surface area (Å²) in [6, 6.07) is 4.31. The second-order valence-corrected chi connectivity index (χ2v) is 5.02. The number of hydrogen-bond acceptors (Lipinski definition) is 6. The number of nitrogens with zero attached hydrogens (tertiary/aromatic N) is 2. The lowest BCUT2D eigenvalue weighted by molar-refractivity contribution is 0.0526. The molecule has 0 fully saturated rings. The van der Waals surface area contributed by atoms with E-state index in [0.717, 1.165) is 0 Å². The molecule has 0 radical (unpaired) electrons. The van der Waals surface area contributed by atoms with Gasteiger partial charge in [-0.3, -0.25) is 10.3 Å². The van der Waals surface area contributed by atoms with Gasteiger partial charge in [0.05, 0.1) is 24.5 Å². The summed E-state index contributed by atoms with van der Waals surface area (Å²) in [6.07, 6.45) is 2.98. The number of hydrogen-bond donors (Lipinski definition) is 3. The number of anilines is 1. The zero-order valence-electron chi connectivity index (χ0n) is 14.1. The van der Waals surface area contributed by atoms with E-state index >= 15 is 0 Å². The van der Waals surface area contributed by atoms with Crippen LogP contribution in [-0.4, -0.2) is 40.2 Å². The molecule has 8 nitrogen and oxygen atoms in total. The highest BCUT2D eigenvalue weighted by Crippen LogP contribution is 2.24. The summed E-state index contributed by atoms with van der Waals surface area (Å²) in [5, 5.41) is 14.8. The number of esters is 1. The van der Waals surface area contributed by atoms with Crippen LogP contribution in [0.15, 0.2) is 30.6 Å². The van der Waals surface area contributed by atoms with Crippen LogP contribution in [0, 0.1) is 0 Å². The van der Waals surface area contributed by atoms with E-state index in [1.54, 1.807) is 32.0 Å². The Labute approximate surface area is 145 Å². The number of nitrogens with one attached hydrogen (secondary N) is 2. The normalized spacial score (nSPS) is 10.2. The maximum absolute atomic E-state index is 11.9. The molecule has 0 saturated carbocycles. The molecule has 3 N–H and O–H groups in total. The van der Waals surface area contributed by atoms with Crippen molar-refractivity contribution in [2.24, 2.45) is 0 Å². The molecular weight excluding hydrogens is 324 g/mol. The monoisotopic (exact) mass is 344 g/mol. The van der Waals surface area contributed by atoms with Gasteiger partial charge in [-0.1, -0.05) is 0 Å². The first-order valence-corrected chi connectivity index (χ1v) is 7.87. The molecule has 0 unspecified atom stereocenters. The quantitative estimate of drug-likeness (QED) is 0.690. The number of amides is 2. The predicted octanol–water partition coefficient (Wildman–Crippen LogP) is 1.95. The standard InChI is InChI=1S/C17H20N4O4/c1-3-18-17(24)21-15-8-12(10-22)13(9-20-15)14-7-11(5-6-19-14)16(23)25-4-2/h5-9,22H,3-4,10H2,1-2H3,(H2,18,20,21,24). The fraction of sp³-hybridized carbons (Fsp3) is 0.294. The fourth-order valence-electron chi connectivity index (χ4n) is 2.17. The van der Waals surface area contributed by atoms with Crippen LogP contribution in [-0.2, 0) is 11.3 Å². The summed E-state index contributed by atoms with van der Waals surface area (Å²) in [7, 11) is 0. The SMILES string of the molecule is CCNC(=O)Nc1cc(CO)c(-c2cc(C(=O)OCC)ccn2)cn1. The highest BCUT2D eigenvalue weighted by atomic mass is 16.5. The molecule has 2 aromatic heterocycles. The van der Waals surface area contributed by atoms with Crippen LogP contribution in [0.4, 0.5) is 10.6 Å². The first-order chi connectivity index (χ1) is 12.1. The number of aliphatic hydroxyl groups is 1. The van der Waals surface area contributed by atoms with Gasteiger partial charge in [0.2, 0.25) is 0 Å². The molecule has 0 bridgehead atoms. The van der Waals surface area contributed by atoms with Crippen LogP contribution < -0.4 is 10.6 Å². The lowest BCUT2D eigenvalue weighted by atomic mass is 10.1. The van der Waals surface area contributed by atoms with Crippen LogP contribution in [0.5, 0.6) is 0 Å². The molecule has 8 heteroatoms. The van der Waals surface area contributed by atoms with E-state index in [0.29, 0.717) is 34.7 Å². The molecule has 2 aromatic rings. The lowest BCUT2D eigenvalue weighted by Crippen LogP contribution is -2.28. The van der Waals surface area contributed by atoms with Crippen molar-refractivity contribution in [2.45, 2.75) is 20.5 Å². The van der Waals surface area contributed by atoms with Crippen LogP contribution in [0.3, 0.4) is 0 Å². The third-order valence-electron chi connectivity index (χ3n) is 3.29. The van der Waals surface area contributed by atoms with E-state index in [1.165, 1.54) is 12.4 Å². The van der Waals surface area contributed by atoms with Crippen molar-refractivity contribution in [3.63, 3.8) is 0 Å². The zero-order chi connectivity index (χ0) is 18.2. The molecule has 25 heavy (non-hydrogen) atoms. The number of urea groups is 1. The second-order valence-electron chi connectivity index (χ2n) is 5.02. The van der Waals surface area contributed by atoms with Crippen molar-refractivity contribution in [1.29, 1.82) is 0 Å². The van der Waals surface area contributed by atoms with Crippen LogP contribution in [0.1, 0.15) is 29.8 Å². The predicted molar refractivity (Wildman–Crippen MR) is 92.0 cm³/mol. The van der Waals surface area contributed by atoms with Crippen molar-refractivity contribution < 1.29 is 19.4 Å². The van der Waals surface area contributed by atoms with Crippen LogP contribution in [0.2, 0.25) is 0 Å². The average Bonchev–Trinajstić information content (AvgIpc) is 2.62. The summed E-state index contributed by atoms with van der Waals surface area (Å²) >= 11 is 0. The number of carbonyl (C=O) groups excluding carboxylic acids is 2. The average molecular weight is 344 g/mol. The maximum atomic E-state index is 11.9. The molecule has 0 atom stereocenters. The van der Waals surface area contributed by atoms with E-state index < -0.39 is 5.97 Å². The molecule has 132 valence electrons. The molecule has 2 rings (SSSR count). The van der Waals surface area contributed by atoms with Crippen molar-refractivity contribution in [1.82, 2.24) is 15.3 Å². The van der Waals surface area contributed by atoms with Gasteiger partial charge in [0, 0.05) is 24.5 Å². The third-order valence-corrected chi connectivity index (χ3v) is 3.29. The summed E-state index contributed by atoms with van der Waals surface area (Å²) < 4.78 is 4.98. The topological polar surface area (TPSA) is 113 Å². The molecule has 0 aromatic carbocycles. The molecule has 0 aliphatic rings. The molecular formula is C17H20N4O4. The van der Waals surface area contributed by atoms with E-state index in [9.17, 15) is 14.7 Å². The Bertz CT molecular complexity index is 764. The fourth-order valence-corrected chi connectivity index (χ4v) is 2.17. The van der Waals surface area contributed by atoms with Crippen molar-refractivity contribution in [2.75, 3.05) is 18.5 Å². The Morgan fingerprint density at radius 2 is 2.04 bits per heavy atom. The minimum Gasteiger partial charge on any atom is -0.462 e. The van der Waals surface area contributed by atoms with Gasteiger partial charge in [-0.2, -0.15) is 0 Å². The third kappa shape index (κ3) is 4.74. The van der Waals surface area contributed by atoms with Crippen molar-refractivity contribution in [3.8, 4) is 11.3 Å². The molecule has 0 spiro atoms. The van der Waals surface area contributed by atoms with Gasteiger partial charge in [0.1, 0.15) is 5.82 Å². The van der Waals surface area contributed by atoms with Gasteiger partial charge in [-0.05, 0) is 37.6 Å². The summed E-state index contributed by atoms with van der Waals surface area (Å²) in [4.78, 5) is 31.8. The van der Waals surface area contributed by atoms with Crippen molar-refractivity contribution >= 4 is 17.8 Å². The number of aliphatic hydroxyl groups excluding tert-OH is 1. The highest BCUT2D eigenvalue weighted by molar-refractivity contribution is 5.91. The number of carbonyl (C=O) groups is 2. The molecule has 0 aliphatic carbocycles. The zero-order valence-corrected chi connectivity index (χ0v) is 14.1. The summed E-state index contributed by atoms with van der Waals surface area (Å²) in [5.74, 6) is -0.139. The minimum atomic E-state index is -0.445. The Hall–Kier alpha value is -3.00. The van der Waals surface area contributed by atoms with Crippen LogP contribution >= 0.6 is 0 Å². The number of aromatic nitrogens is 2. The Morgan fingerprint density at radius 1 is 1.24 bits per heavy atom. The van der Waals surface area contributed by atoms with Gasteiger partial charge in [0.25, 0.3) is 0 Å². The number of rotatable bonds is 6. The first kappa shape index (κ1) is 18.3. The van der Waals surface area contributed by atoms with Crippen LogP contribution in [0.25, 0.3) is 11.3 Å². The van der Waals surface area contributed by atoms with Gasteiger partial charge < -0.3 is 15.2 Å². The second kappa shape index (κ2) is 8.74. The van der Waals surface area contributed by atoms with E-state index in [2.05, 4.69) is 20.6 Å². The van der Waals surface area contributed by atoms with E-state index in [-0.39, 0.29) is 19.2 Å². The first-order valence-electron chi connectivity index (χ1n) is 7.87. The Kier molecular flexibility index (Phi) is 6.41. The maximum Gasteiger partial charge on any atom is 0.338 e. The number of ether oxygens (including phenoxy) is 1. The lowest BCUT2D eigenvalue weighted by Gasteiger charge is -2.11. The molecule has 0 aliphatic heterocycles. The smallest absolute Gasteiger partial charge is 0.338 e. The summed E-state index contributed by atoms with van der Waals surface area (Å²) in [6.45, 7) is 4.03. The Morgan fingerprint density at radius 3 is 2.72 bits per heavy atom. The number of pyridine rings is 2. The summed E-state index contributed by atoms with van der Waals surface area (Å²) in [5.41, 5.74) is 1.93. The van der Waals surface area contributed by atoms with Gasteiger partial charge in [-0.15, -0.1) is 0 Å². The van der Waals surface area contributed by atoms with Crippen molar-refractivity contribution in [3.05, 3.63) is 41.7 Å². The minimum absolute atomic E-state index is 0.271. The van der Waals surface area contributed by atoms with E-state index in [4.69, 9.17) is 4.74 Å². The van der Waals surface area contributed by atoms with Gasteiger partial charge in [0.15, 0.2) is 0 Å². The molecule has 2 heterocycles. The van der Waals surface area contributed by atoms with E-state index in [1.807, 2.05) is 0 Å². The largest absolute Gasteiger partial charge is 0.462 e. The van der Waals surface area contributed by atoms with Gasteiger partial charge in [-0.25, -0.2) is 14.6 Å². The highest BCUT2D eigenvalue weighted by Gasteiger charge is 2.13. The molecule has 2 amide bonds. The van der Waals surface area contributed by atoms with Gasteiger partial charge >= 0.3 is 12.0 Å². The molecule has 0 saturated heterocycles. The Balaban J connectivity index is 2.31.